The van der Waals surface area contributed by atoms with E-state index in [2.05, 4.69) is 34.7 Å². The average molecular weight is 363 g/mol. The van der Waals surface area contributed by atoms with Crippen LogP contribution >= 0.6 is 39.9 Å². The number of thioether (sulfide) groups is 1. The monoisotopic (exact) mass is 362 g/mol. The molecular formula is C13H16BrFN2S2. The molecule has 2 unspecified atom stereocenters. The van der Waals surface area contributed by atoms with Crippen molar-refractivity contribution in [3.05, 3.63) is 28.0 Å². The largest absolute Gasteiger partial charge is 0.389 e. The minimum absolute atomic E-state index is 0.202. The maximum Gasteiger partial charge on any atom is 0.161 e. The Kier molecular flexibility index (Phi) is 4.74. The molecule has 6 heteroatoms. The Morgan fingerprint density at radius 1 is 1.42 bits per heavy atom. The van der Waals surface area contributed by atoms with Crippen molar-refractivity contribution >= 4 is 50.6 Å². The summed E-state index contributed by atoms with van der Waals surface area (Å²) in [6, 6.07) is 3.55. The Bertz CT molecular complexity index is 500. The van der Waals surface area contributed by atoms with Gasteiger partial charge in [0.1, 0.15) is 4.99 Å². The fraction of sp³-hybridized carbons (Fsp3) is 0.462. The lowest BCUT2D eigenvalue weighted by molar-refractivity contribution is 0.605. The van der Waals surface area contributed by atoms with Crippen LogP contribution in [0.1, 0.15) is 19.4 Å². The maximum atomic E-state index is 14.5. The van der Waals surface area contributed by atoms with Gasteiger partial charge in [0.25, 0.3) is 0 Å². The van der Waals surface area contributed by atoms with E-state index in [0.29, 0.717) is 26.2 Å². The van der Waals surface area contributed by atoms with Crippen LogP contribution in [0.25, 0.3) is 0 Å². The molecule has 1 fully saturated rings. The number of anilines is 1. The third kappa shape index (κ3) is 3.23. The summed E-state index contributed by atoms with van der Waals surface area (Å²) in [5, 5.41) is 0.995. The number of halogens is 2. The van der Waals surface area contributed by atoms with Crippen molar-refractivity contribution in [1.29, 1.82) is 0 Å². The normalized spacial score (nSPS) is 23.5. The summed E-state index contributed by atoms with van der Waals surface area (Å²) >= 11 is 10.1. The molecule has 0 aromatic heterocycles. The Hall–Kier alpha value is -0.330. The van der Waals surface area contributed by atoms with Crippen LogP contribution in [0.4, 0.5) is 10.1 Å². The molecule has 0 spiro atoms. The third-order valence-corrected chi connectivity index (χ3v) is 5.31. The predicted octanol–water partition coefficient (Wildman–Crippen LogP) is 3.55. The van der Waals surface area contributed by atoms with Gasteiger partial charge in [-0.25, -0.2) is 4.39 Å². The third-order valence-electron chi connectivity index (χ3n) is 3.09. The van der Waals surface area contributed by atoms with Gasteiger partial charge in [0.2, 0.25) is 0 Å². The second kappa shape index (κ2) is 5.97. The molecule has 19 heavy (non-hydrogen) atoms. The average Bonchev–Trinajstić information content (AvgIpc) is 2.30. The maximum absolute atomic E-state index is 14.5. The van der Waals surface area contributed by atoms with Gasteiger partial charge in [-0.1, -0.05) is 26.1 Å². The Balaban J connectivity index is 2.35. The molecule has 2 N–H and O–H groups in total. The van der Waals surface area contributed by atoms with Crippen molar-refractivity contribution in [1.82, 2.24) is 0 Å². The SMILES string of the molecule is CC1CN(c2ccc(C(N)=S)c(Br)c2F)CC(C)S1. The van der Waals surface area contributed by atoms with Crippen LogP contribution in [0.3, 0.4) is 0 Å². The van der Waals surface area contributed by atoms with Crippen LogP contribution in [0.5, 0.6) is 0 Å². The number of thiocarbonyl (C=S) groups is 1. The van der Waals surface area contributed by atoms with Crippen LogP contribution < -0.4 is 10.6 Å². The van der Waals surface area contributed by atoms with Gasteiger partial charge in [-0.3, -0.25) is 0 Å². The molecule has 104 valence electrons. The van der Waals surface area contributed by atoms with Crippen molar-refractivity contribution < 1.29 is 4.39 Å². The minimum atomic E-state index is -0.281. The summed E-state index contributed by atoms with van der Waals surface area (Å²) in [5.74, 6) is -0.281. The zero-order chi connectivity index (χ0) is 14.2. The lowest BCUT2D eigenvalue weighted by Crippen LogP contribution is -2.41. The van der Waals surface area contributed by atoms with Gasteiger partial charge in [-0.2, -0.15) is 11.8 Å². The molecule has 2 rings (SSSR count). The number of hydrogen-bond donors (Lipinski definition) is 1. The first-order valence-corrected chi connectivity index (χ1v) is 8.22. The molecule has 0 bridgehead atoms. The van der Waals surface area contributed by atoms with Crippen molar-refractivity contribution in [2.45, 2.75) is 24.3 Å². The van der Waals surface area contributed by atoms with Crippen molar-refractivity contribution in [2.75, 3.05) is 18.0 Å². The zero-order valence-electron chi connectivity index (χ0n) is 10.8. The van der Waals surface area contributed by atoms with E-state index in [1.54, 1.807) is 12.1 Å². The highest BCUT2D eigenvalue weighted by atomic mass is 79.9. The molecule has 1 heterocycles. The fourth-order valence-electron chi connectivity index (χ4n) is 2.35. The highest BCUT2D eigenvalue weighted by Gasteiger charge is 2.25. The molecule has 1 saturated heterocycles. The lowest BCUT2D eigenvalue weighted by Gasteiger charge is -2.36. The molecule has 0 saturated carbocycles. The van der Waals surface area contributed by atoms with E-state index >= 15 is 0 Å². The van der Waals surface area contributed by atoms with E-state index < -0.39 is 0 Å². The van der Waals surface area contributed by atoms with Gasteiger partial charge in [0.05, 0.1) is 10.2 Å². The number of hydrogen-bond acceptors (Lipinski definition) is 3. The number of benzene rings is 1. The number of nitrogens with zero attached hydrogens (tertiary/aromatic N) is 1. The van der Waals surface area contributed by atoms with Crippen LogP contribution in [-0.4, -0.2) is 28.6 Å². The molecule has 1 aromatic carbocycles. The van der Waals surface area contributed by atoms with E-state index in [4.69, 9.17) is 18.0 Å². The van der Waals surface area contributed by atoms with Crippen molar-refractivity contribution in [3.8, 4) is 0 Å². The summed E-state index contributed by atoms with van der Waals surface area (Å²) in [4.78, 5) is 2.29. The van der Waals surface area contributed by atoms with Gasteiger partial charge in [0.15, 0.2) is 5.82 Å². The van der Waals surface area contributed by atoms with E-state index in [0.717, 1.165) is 13.1 Å². The van der Waals surface area contributed by atoms with E-state index in [9.17, 15) is 4.39 Å². The summed E-state index contributed by atoms with van der Waals surface area (Å²) in [6.45, 7) is 6.04. The van der Waals surface area contributed by atoms with E-state index in [1.807, 2.05) is 11.8 Å². The highest BCUT2D eigenvalue weighted by Crippen LogP contribution is 2.34. The Morgan fingerprint density at radius 2 is 2.00 bits per heavy atom. The van der Waals surface area contributed by atoms with Crippen LogP contribution in [-0.2, 0) is 0 Å². The van der Waals surface area contributed by atoms with Crippen molar-refractivity contribution in [2.24, 2.45) is 5.73 Å². The quantitative estimate of drug-likeness (QED) is 0.814. The second-order valence-electron chi connectivity index (χ2n) is 4.79. The predicted molar refractivity (Wildman–Crippen MR) is 88.7 cm³/mol. The van der Waals surface area contributed by atoms with E-state index in [-0.39, 0.29) is 10.8 Å². The smallest absolute Gasteiger partial charge is 0.161 e. The molecule has 0 amide bonds. The summed E-state index contributed by atoms with van der Waals surface area (Å²) in [7, 11) is 0. The molecule has 1 aliphatic heterocycles. The minimum Gasteiger partial charge on any atom is -0.389 e. The van der Waals surface area contributed by atoms with Gasteiger partial charge in [0, 0.05) is 29.2 Å². The standard InChI is InChI=1S/C13H16BrFN2S2/c1-7-5-17(6-8(2)19-7)10-4-3-9(13(16)18)11(14)12(10)15/h3-4,7-8H,5-6H2,1-2H3,(H2,16,18). The summed E-state index contributed by atoms with van der Waals surface area (Å²) in [5.41, 5.74) is 6.74. The fourth-order valence-corrected chi connectivity index (χ4v) is 4.52. The molecule has 0 radical (unpaired) electrons. The molecule has 0 aliphatic carbocycles. The number of nitrogens with two attached hydrogens (primary N) is 1. The first-order chi connectivity index (χ1) is 8.90. The number of rotatable bonds is 2. The Labute approximate surface area is 131 Å². The first kappa shape index (κ1) is 15.1. The molecule has 1 aromatic rings. The topological polar surface area (TPSA) is 29.3 Å². The highest BCUT2D eigenvalue weighted by molar-refractivity contribution is 9.10. The van der Waals surface area contributed by atoms with Crippen LogP contribution in [0.15, 0.2) is 16.6 Å². The van der Waals surface area contributed by atoms with Crippen LogP contribution in [0, 0.1) is 5.82 Å². The molecule has 2 atom stereocenters. The van der Waals surface area contributed by atoms with Gasteiger partial charge in [-0.05, 0) is 28.1 Å². The molecule has 2 nitrogen and oxygen atoms in total. The molecule has 1 aliphatic rings. The van der Waals surface area contributed by atoms with Gasteiger partial charge >= 0.3 is 0 Å². The molecular weight excluding hydrogens is 347 g/mol. The summed E-state index contributed by atoms with van der Waals surface area (Å²) in [6.07, 6.45) is 0. The lowest BCUT2D eigenvalue weighted by atomic mass is 10.1. The van der Waals surface area contributed by atoms with Crippen LogP contribution in [0.2, 0.25) is 0 Å². The van der Waals surface area contributed by atoms with Gasteiger partial charge < -0.3 is 10.6 Å². The first-order valence-electron chi connectivity index (χ1n) is 6.08. The zero-order valence-corrected chi connectivity index (χ0v) is 14.0. The van der Waals surface area contributed by atoms with Crippen molar-refractivity contribution in [3.63, 3.8) is 0 Å². The van der Waals surface area contributed by atoms with E-state index in [1.165, 1.54) is 0 Å². The van der Waals surface area contributed by atoms with Gasteiger partial charge in [-0.15, -0.1) is 0 Å². The summed E-state index contributed by atoms with van der Waals surface area (Å²) < 4.78 is 14.8. The Morgan fingerprint density at radius 3 is 2.53 bits per heavy atom. The second-order valence-corrected chi connectivity index (χ2v) is 7.90.